The first-order chi connectivity index (χ1) is 19.8. The van der Waals surface area contributed by atoms with Gasteiger partial charge in [-0.3, -0.25) is 4.79 Å². The monoisotopic (exact) mass is 594 g/mol. The second-order valence-electron chi connectivity index (χ2n) is 12.3. The minimum absolute atomic E-state index is 0.0225. The van der Waals surface area contributed by atoms with Crippen molar-refractivity contribution in [2.75, 3.05) is 0 Å². The Bertz CT molecular complexity index is 857. The maximum absolute atomic E-state index is 15.3. The van der Waals surface area contributed by atoms with Crippen LogP contribution in [0.1, 0.15) is 152 Å². The number of ketones is 1. The van der Waals surface area contributed by atoms with Gasteiger partial charge in [-0.2, -0.15) is 13.2 Å². The maximum atomic E-state index is 15.3. The lowest BCUT2D eigenvalue weighted by molar-refractivity contribution is -0.238. The van der Waals surface area contributed by atoms with Crippen LogP contribution in [0, 0.1) is 0 Å². The Morgan fingerprint density at radius 2 is 1.07 bits per heavy atom. The van der Waals surface area contributed by atoms with Gasteiger partial charge in [0.15, 0.2) is 19.7 Å². The van der Waals surface area contributed by atoms with Crippen LogP contribution < -0.4 is 0 Å². The number of rotatable bonds is 23. The van der Waals surface area contributed by atoms with E-state index in [0.29, 0.717) is 0 Å². The molecule has 0 saturated heterocycles. The lowest BCUT2D eigenvalue weighted by Gasteiger charge is -2.45. The van der Waals surface area contributed by atoms with Crippen molar-refractivity contribution in [2.45, 2.75) is 166 Å². The number of fused-ring (bicyclic) bond motifs is 1. The first kappa shape index (κ1) is 35.8. The van der Waals surface area contributed by atoms with Gasteiger partial charge in [-0.15, -0.1) is 0 Å². The molecule has 0 aliphatic heterocycles. The van der Waals surface area contributed by atoms with Gasteiger partial charge in [0.1, 0.15) is 0 Å². The predicted molar refractivity (Wildman–Crippen MR) is 169 cm³/mol. The Balaban J connectivity index is 2.39. The van der Waals surface area contributed by atoms with E-state index in [-0.39, 0.29) is 16.9 Å². The van der Waals surface area contributed by atoms with E-state index in [4.69, 9.17) is 4.43 Å². The Morgan fingerprint density at radius 1 is 0.659 bits per heavy atom. The number of benzene rings is 1. The van der Waals surface area contributed by atoms with E-state index in [9.17, 15) is 4.79 Å². The average molecular weight is 595 g/mol. The number of alkyl halides is 3. The summed E-state index contributed by atoms with van der Waals surface area (Å²) in [5.74, 6) is -0.376. The first-order valence-corrected chi connectivity index (χ1v) is 19.4. The van der Waals surface area contributed by atoms with Gasteiger partial charge >= 0.3 is 6.18 Å². The molecule has 6 heteroatoms. The molecule has 41 heavy (non-hydrogen) atoms. The lowest BCUT2D eigenvalue weighted by Crippen LogP contribution is -2.54. The summed E-state index contributed by atoms with van der Waals surface area (Å²) >= 11 is 0. The van der Waals surface area contributed by atoms with Crippen LogP contribution in [0.3, 0.4) is 0 Å². The molecular weight excluding hydrogens is 537 g/mol. The summed E-state index contributed by atoms with van der Waals surface area (Å²) in [7, 11) is -2.84. The van der Waals surface area contributed by atoms with Gasteiger partial charge in [0.05, 0.1) is 0 Å². The number of carbonyl (C=O) groups is 1. The molecule has 0 bridgehead atoms. The molecule has 1 unspecified atom stereocenters. The second-order valence-corrected chi connectivity index (χ2v) is 16.4. The Labute approximate surface area is 250 Å². The van der Waals surface area contributed by atoms with E-state index in [0.717, 1.165) is 88.1 Å². The molecule has 1 aromatic rings. The van der Waals surface area contributed by atoms with Crippen LogP contribution in [-0.4, -0.2) is 20.3 Å². The summed E-state index contributed by atoms with van der Waals surface area (Å²) in [4.78, 5) is 12.7. The summed E-state index contributed by atoms with van der Waals surface area (Å²) < 4.78 is 52.5. The van der Waals surface area contributed by atoms with Crippen molar-refractivity contribution in [3.05, 3.63) is 47.5 Å². The topological polar surface area (TPSA) is 26.3 Å². The van der Waals surface area contributed by atoms with Crippen LogP contribution in [0.25, 0.3) is 0 Å². The zero-order valence-electron chi connectivity index (χ0n) is 26.3. The highest BCUT2D eigenvalue weighted by molar-refractivity contribution is 6.74. The van der Waals surface area contributed by atoms with Gasteiger partial charge in [-0.25, -0.2) is 0 Å². The molecule has 0 fully saturated rings. The molecule has 1 aromatic carbocycles. The lowest BCUT2D eigenvalue weighted by atomic mass is 9.83. The molecule has 0 spiro atoms. The Morgan fingerprint density at radius 3 is 1.51 bits per heavy atom. The van der Waals surface area contributed by atoms with E-state index in [1.165, 1.54) is 69.9 Å². The van der Waals surface area contributed by atoms with Gasteiger partial charge in [-0.05, 0) is 30.3 Å². The van der Waals surface area contributed by atoms with Gasteiger partial charge in [0.2, 0.25) is 0 Å². The number of allylic oxidation sites excluding steroid dienone is 1. The average Bonchev–Trinajstić information content (AvgIpc) is 2.95. The highest BCUT2D eigenvalue weighted by Gasteiger charge is 2.61. The molecular formula is C35H57F3O2Si. The fraction of sp³-hybridized carbons (Fsp3) is 0.743. The van der Waals surface area contributed by atoms with E-state index in [1.807, 2.05) is 0 Å². The van der Waals surface area contributed by atoms with Crippen LogP contribution in [0.5, 0.6) is 0 Å². The predicted octanol–water partition coefficient (Wildman–Crippen LogP) is 12.2. The number of carbonyl (C=O) groups excluding carboxylic acids is 1. The summed E-state index contributed by atoms with van der Waals surface area (Å²) in [6.45, 7) is 6.59. The highest BCUT2D eigenvalue weighted by Crippen LogP contribution is 2.50. The zero-order valence-corrected chi connectivity index (χ0v) is 27.3. The quantitative estimate of drug-likeness (QED) is 0.0930. The van der Waals surface area contributed by atoms with Gasteiger partial charge in [0, 0.05) is 11.1 Å². The molecule has 0 heterocycles. The number of halogens is 3. The Kier molecular flexibility index (Phi) is 16.6. The van der Waals surface area contributed by atoms with Crippen molar-refractivity contribution in [3.8, 4) is 0 Å². The van der Waals surface area contributed by atoms with Crippen molar-refractivity contribution in [2.24, 2.45) is 0 Å². The summed E-state index contributed by atoms with van der Waals surface area (Å²) in [5, 5.41) is 0. The molecule has 1 atom stereocenters. The van der Waals surface area contributed by atoms with Crippen molar-refractivity contribution in [1.82, 2.24) is 0 Å². The minimum Gasteiger partial charge on any atom is -0.397 e. The van der Waals surface area contributed by atoms with Gasteiger partial charge in [-0.1, -0.05) is 161 Å². The third-order valence-corrected chi connectivity index (χ3v) is 13.4. The van der Waals surface area contributed by atoms with Crippen LogP contribution >= 0.6 is 0 Å². The van der Waals surface area contributed by atoms with Crippen LogP contribution in [0.4, 0.5) is 13.2 Å². The number of hydrogen-bond acceptors (Lipinski definition) is 2. The molecule has 0 aromatic heterocycles. The van der Waals surface area contributed by atoms with E-state index >= 15 is 13.2 Å². The van der Waals surface area contributed by atoms with Crippen molar-refractivity contribution in [3.63, 3.8) is 0 Å². The number of hydrogen-bond donors (Lipinski definition) is 0. The summed E-state index contributed by atoms with van der Waals surface area (Å²) in [5.41, 5.74) is -2.45. The second kappa shape index (κ2) is 19.0. The fourth-order valence-corrected chi connectivity index (χ4v) is 11.1. The zero-order chi connectivity index (χ0) is 30.0. The van der Waals surface area contributed by atoms with E-state index in [1.54, 1.807) is 12.1 Å². The Hall–Kier alpha value is -1.40. The third kappa shape index (κ3) is 11.3. The molecule has 0 N–H and O–H groups in total. The van der Waals surface area contributed by atoms with Crippen molar-refractivity contribution in [1.29, 1.82) is 0 Å². The normalized spacial score (nSPS) is 17.3. The van der Waals surface area contributed by atoms with Gasteiger partial charge in [0.25, 0.3) is 0 Å². The summed E-state index contributed by atoms with van der Waals surface area (Å²) in [6.07, 6.45) is 17.6. The van der Waals surface area contributed by atoms with Crippen molar-refractivity contribution >= 4 is 14.1 Å². The molecule has 0 radical (unpaired) electrons. The molecule has 2 rings (SSSR count). The van der Waals surface area contributed by atoms with Crippen LogP contribution in [0.15, 0.2) is 36.4 Å². The molecule has 0 saturated carbocycles. The molecule has 1 aliphatic carbocycles. The van der Waals surface area contributed by atoms with Crippen molar-refractivity contribution < 1.29 is 22.4 Å². The highest BCUT2D eigenvalue weighted by atomic mass is 28.4. The number of unbranched alkanes of at least 4 members (excludes halogenated alkanes) is 15. The smallest absolute Gasteiger partial charge is 0.397 e. The van der Waals surface area contributed by atoms with Crippen LogP contribution in [-0.2, 0) is 10.0 Å². The van der Waals surface area contributed by atoms with Crippen LogP contribution in [0.2, 0.25) is 18.1 Å². The molecule has 0 amide bonds. The fourth-order valence-electron chi connectivity index (χ4n) is 6.34. The standard InChI is InChI=1S/C35H57F3O2Si/c1-4-7-10-13-16-21-28-41(29-22-17-14-11-8-5-2,30-23-18-15-12-9-6-3)40-34(35(36,37)38)27-26-33(39)31-24-19-20-25-32(31)34/h19-20,24-27H,4-18,21-23,28-30H2,1-3H3. The largest absolute Gasteiger partial charge is 0.424 e. The first-order valence-electron chi connectivity index (χ1n) is 16.8. The molecule has 234 valence electrons. The molecule has 2 nitrogen and oxygen atoms in total. The molecule has 1 aliphatic rings. The maximum Gasteiger partial charge on any atom is 0.424 e. The SMILES string of the molecule is CCCCCCCC[Si](CCCCCCCC)(CCCCCCCC)OC1(C(F)(F)F)C=CC(=O)c2ccccc21. The minimum atomic E-state index is -4.65. The van der Waals surface area contributed by atoms with E-state index < -0.39 is 20.1 Å². The summed E-state index contributed by atoms with van der Waals surface area (Å²) in [6, 6.07) is 8.53. The van der Waals surface area contributed by atoms with E-state index in [2.05, 4.69) is 20.8 Å². The third-order valence-electron chi connectivity index (χ3n) is 8.82. The van der Waals surface area contributed by atoms with Gasteiger partial charge < -0.3 is 4.43 Å².